The minimum atomic E-state index is 0.487. The van der Waals surface area contributed by atoms with Crippen LogP contribution in [0.15, 0.2) is 26.8 Å². The van der Waals surface area contributed by atoms with E-state index in [1.165, 1.54) is 0 Å². The van der Waals surface area contributed by atoms with Crippen LogP contribution < -0.4 is 0 Å². The smallest absolute Gasteiger partial charge is 0.268 e. The summed E-state index contributed by atoms with van der Waals surface area (Å²) in [5.74, 6) is 0.562. The zero-order valence-electron chi connectivity index (χ0n) is 5.32. The Balaban J connectivity index is 2.45. The first-order valence-corrected chi connectivity index (χ1v) is 4.56. The number of halogens is 1. The van der Waals surface area contributed by atoms with Crippen LogP contribution in [0, 0.1) is 0 Å². The molecule has 0 fully saturated rings. The van der Waals surface area contributed by atoms with Crippen LogP contribution in [0.4, 0.5) is 0 Å². The maximum absolute atomic E-state index is 4.91. The van der Waals surface area contributed by atoms with E-state index < -0.39 is 0 Å². The Labute approximate surface area is 75.2 Å². The molecular weight excluding hydrogens is 228 g/mol. The Hall–Kier alpha value is -0.680. The number of aromatic nitrogens is 2. The van der Waals surface area contributed by atoms with E-state index in [9.17, 15) is 0 Å². The monoisotopic (exact) mass is 230 g/mol. The quantitative estimate of drug-likeness (QED) is 0.756. The maximum atomic E-state index is 4.91. The molecule has 2 aromatic rings. The first-order chi connectivity index (χ1) is 5.36. The summed E-state index contributed by atoms with van der Waals surface area (Å²) in [6.45, 7) is 0. The van der Waals surface area contributed by atoms with Crippen LogP contribution >= 0.6 is 27.3 Å². The third-order valence-corrected chi connectivity index (χ3v) is 2.31. The van der Waals surface area contributed by atoms with Crippen molar-refractivity contribution in [3.63, 3.8) is 0 Å². The van der Waals surface area contributed by atoms with Gasteiger partial charge in [0.05, 0.1) is 4.88 Å². The molecule has 0 spiro atoms. The van der Waals surface area contributed by atoms with Crippen molar-refractivity contribution < 1.29 is 4.52 Å². The van der Waals surface area contributed by atoms with Crippen LogP contribution in [0.5, 0.6) is 0 Å². The zero-order chi connectivity index (χ0) is 7.68. The maximum Gasteiger partial charge on any atom is 0.268 e. The standard InChI is InChI=1S/C6H3BrN2OS/c7-6-8-5(10-9-6)4-2-1-3-11-4/h1-3H. The van der Waals surface area contributed by atoms with Crippen molar-refractivity contribution >= 4 is 27.3 Å². The average molecular weight is 231 g/mol. The van der Waals surface area contributed by atoms with Gasteiger partial charge in [0, 0.05) is 0 Å². The van der Waals surface area contributed by atoms with Gasteiger partial charge < -0.3 is 4.52 Å². The first kappa shape index (κ1) is 7.00. The molecule has 0 saturated heterocycles. The normalized spacial score (nSPS) is 10.3. The van der Waals surface area contributed by atoms with Gasteiger partial charge in [-0.3, -0.25) is 0 Å². The lowest BCUT2D eigenvalue weighted by Crippen LogP contribution is -1.67. The largest absolute Gasteiger partial charge is 0.332 e. The predicted octanol–water partition coefficient (Wildman–Crippen LogP) is 2.56. The van der Waals surface area contributed by atoms with Crippen LogP contribution in [-0.4, -0.2) is 10.1 Å². The van der Waals surface area contributed by atoms with E-state index in [1.807, 2.05) is 17.5 Å². The molecule has 0 unspecified atom stereocenters. The number of hydrogen-bond donors (Lipinski definition) is 0. The Morgan fingerprint density at radius 1 is 1.55 bits per heavy atom. The van der Waals surface area contributed by atoms with E-state index in [-0.39, 0.29) is 0 Å². The molecule has 0 radical (unpaired) electrons. The third-order valence-electron chi connectivity index (χ3n) is 1.13. The van der Waals surface area contributed by atoms with E-state index in [0.717, 1.165) is 4.88 Å². The van der Waals surface area contributed by atoms with Gasteiger partial charge in [-0.05, 0) is 32.5 Å². The van der Waals surface area contributed by atoms with E-state index in [4.69, 9.17) is 4.52 Å². The molecule has 2 heterocycles. The fourth-order valence-electron chi connectivity index (χ4n) is 0.706. The summed E-state index contributed by atoms with van der Waals surface area (Å²) in [4.78, 5) is 4.99. The fraction of sp³-hybridized carbons (Fsp3) is 0. The second-order valence-corrected chi connectivity index (χ2v) is 3.50. The molecule has 0 aliphatic heterocycles. The Kier molecular flexibility index (Phi) is 1.75. The summed E-state index contributed by atoms with van der Waals surface area (Å²) in [6, 6.07) is 3.88. The number of hydrogen-bond acceptors (Lipinski definition) is 4. The summed E-state index contributed by atoms with van der Waals surface area (Å²) in [5.41, 5.74) is 0. The summed E-state index contributed by atoms with van der Waals surface area (Å²) in [5, 5.41) is 5.58. The van der Waals surface area contributed by atoms with E-state index >= 15 is 0 Å². The molecule has 2 rings (SSSR count). The third kappa shape index (κ3) is 1.34. The molecule has 0 bridgehead atoms. The summed E-state index contributed by atoms with van der Waals surface area (Å²) in [6.07, 6.45) is 0. The summed E-state index contributed by atoms with van der Waals surface area (Å²) < 4.78 is 5.40. The van der Waals surface area contributed by atoms with E-state index in [1.54, 1.807) is 11.3 Å². The van der Waals surface area contributed by atoms with Crippen molar-refractivity contribution in [3.05, 3.63) is 22.2 Å². The van der Waals surface area contributed by atoms with Crippen LogP contribution in [-0.2, 0) is 0 Å². The van der Waals surface area contributed by atoms with Crippen molar-refractivity contribution in [1.82, 2.24) is 10.1 Å². The topological polar surface area (TPSA) is 38.9 Å². The van der Waals surface area contributed by atoms with Crippen molar-refractivity contribution in [1.29, 1.82) is 0 Å². The number of thiophene rings is 1. The van der Waals surface area contributed by atoms with Gasteiger partial charge in [-0.1, -0.05) is 6.07 Å². The lowest BCUT2D eigenvalue weighted by Gasteiger charge is -1.80. The minimum absolute atomic E-state index is 0.487. The molecular formula is C6H3BrN2OS. The molecule has 2 aromatic heterocycles. The molecule has 0 N–H and O–H groups in total. The van der Waals surface area contributed by atoms with Gasteiger partial charge in [-0.2, -0.15) is 4.98 Å². The first-order valence-electron chi connectivity index (χ1n) is 2.89. The van der Waals surface area contributed by atoms with Crippen molar-refractivity contribution in [3.8, 4) is 10.8 Å². The van der Waals surface area contributed by atoms with Crippen LogP contribution in [0.25, 0.3) is 10.8 Å². The molecule has 0 aliphatic rings. The van der Waals surface area contributed by atoms with Gasteiger partial charge in [0.1, 0.15) is 0 Å². The van der Waals surface area contributed by atoms with Gasteiger partial charge in [0.15, 0.2) is 0 Å². The van der Waals surface area contributed by atoms with E-state index in [2.05, 4.69) is 26.1 Å². The Bertz CT molecular complexity index is 343. The lowest BCUT2D eigenvalue weighted by molar-refractivity contribution is 0.427. The van der Waals surface area contributed by atoms with E-state index in [0.29, 0.717) is 10.6 Å². The number of nitrogens with zero attached hydrogens (tertiary/aromatic N) is 2. The molecule has 0 amide bonds. The fourth-order valence-corrected chi connectivity index (χ4v) is 1.58. The van der Waals surface area contributed by atoms with Crippen LogP contribution in [0.2, 0.25) is 0 Å². The highest BCUT2D eigenvalue weighted by atomic mass is 79.9. The Morgan fingerprint density at radius 3 is 3.00 bits per heavy atom. The van der Waals surface area contributed by atoms with Crippen molar-refractivity contribution in [2.45, 2.75) is 0 Å². The zero-order valence-corrected chi connectivity index (χ0v) is 7.72. The molecule has 11 heavy (non-hydrogen) atoms. The van der Waals surface area contributed by atoms with Gasteiger partial charge in [-0.25, -0.2) is 0 Å². The van der Waals surface area contributed by atoms with Gasteiger partial charge in [-0.15, -0.1) is 11.3 Å². The SMILES string of the molecule is Brc1noc(-c2cccs2)n1. The lowest BCUT2D eigenvalue weighted by atomic mass is 10.5. The highest BCUT2D eigenvalue weighted by Crippen LogP contribution is 2.23. The van der Waals surface area contributed by atoms with Crippen molar-refractivity contribution in [2.75, 3.05) is 0 Å². The highest BCUT2D eigenvalue weighted by molar-refractivity contribution is 9.10. The molecule has 3 nitrogen and oxygen atoms in total. The summed E-state index contributed by atoms with van der Waals surface area (Å²) >= 11 is 4.68. The van der Waals surface area contributed by atoms with Crippen molar-refractivity contribution in [2.24, 2.45) is 0 Å². The van der Waals surface area contributed by atoms with Gasteiger partial charge in [0.25, 0.3) is 5.89 Å². The second-order valence-electron chi connectivity index (χ2n) is 1.85. The average Bonchev–Trinajstić information content (AvgIpc) is 2.55. The molecule has 0 aliphatic carbocycles. The van der Waals surface area contributed by atoms with Crippen LogP contribution in [0.3, 0.4) is 0 Å². The predicted molar refractivity (Wildman–Crippen MR) is 45.3 cm³/mol. The highest BCUT2D eigenvalue weighted by Gasteiger charge is 2.06. The van der Waals surface area contributed by atoms with Crippen LogP contribution in [0.1, 0.15) is 0 Å². The van der Waals surface area contributed by atoms with Gasteiger partial charge >= 0.3 is 0 Å². The molecule has 5 heteroatoms. The minimum Gasteiger partial charge on any atom is -0.332 e. The second kappa shape index (κ2) is 2.75. The van der Waals surface area contributed by atoms with Gasteiger partial charge in [0.2, 0.25) is 4.73 Å². The molecule has 56 valence electrons. The number of rotatable bonds is 1. The summed E-state index contributed by atoms with van der Waals surface area (Å²) in [7, 11) is 0. The molecule has 0 aromatic carbocycles. The Morgan fingerprint density at radius 2 is 2.45 bits per heavy atom. The molecule has 0 atom stereocenters. The molecule has 0 saturated carbocycles.